The number of hydrogen-bond acceptors (Lipinski definition) is 4. The highest BCUT2D eigenvalue weighted by Crippen LogP contribution is 2.28. The molecule has 0 saturated heterocycles. The van der Waals surface area contributed by atoms with Crippen molar-refractivity contribution in [3.63, 3.8) is 0 Å². The van der Waals surface area contributed by atoms with E-state index < -0.39 is 11.9 Å². The van der Waals surface area contributed by atoms with Crippen LogP contribution in [0.3, 0.4) is 0 Å². The van der Waals surface area contributed by atoms with E-state index in [-0.39, 0.29) is 5.56 Å². The molecule has 3 aromatic heterocycles. The number of hydrogen-bond donors (Lipinski definition) is 0. The quantitative estimate of drug-likeness (QED) is 0.464. The summed E-state index contributed by atoms with van der Waals surface area (Å²) in [6, 6.07) is 20.4. The summed E-state index contributed by atoms with van der Waals surface area (Å²) < 4.78 is 32.7. The molecule has 4 rings (SSSR count). The molecule has 4 nitrogen and oxygen atoms in total. The van der Waals surface area contributed by atoms with Gasteiger partial charge in [-0.15, -0.1) is 0 Å². The van der Waals surface area contributed by atoms with Crippen molar-refractivity contribution < 1.29 is 13.5 Å². The van der Waals surface area contributed by atoms with E-state index in [2.05, 4.69) is 15.0 Å². The van der Waals surface area contributed by atoms with Crippen molar-refractivity contribution in [2.45, 2.75) is 0 Å². The van der Waals surface area contributed by atoms with Crippen LogP contribution >= 0.6 is 0 Å². The summed E-state index contributed by atoms with van der Waals surface area (Å²) in [5.41, 5.74) is 1.93. The van der Waals surface area contributed by atoms with Gasteiger partial charge in [0.2, 0.25) is 17.8 Å². The van der Waals surface area contributed by atoms with Crippen molar-refractivity contribution in [1.29, 1.82) is 0 Å². The zero-order chi connectivity index (χ0) is 18.6. The molecule has 0 unspecified atom stereocenters. The maximum absolute atomic E-state index is 14.0. The molecule has 0 atom stereocenters. The van der Waals surface area contributed by atoms with Gasteiger partial charge in [0.05, 0.1) is 17.0 Å². The van der Waals surface area contributed by atoms with Crippen LogP contribution in [-0.4, -0.2) is 15.0 Å². The molecule has 0 aliphatic rings. The topological polar surface area (TPSA) is 47.9 Å². The summed E-state index contributed by atoms with van der Waals surface area (Å²) in [5, 5.41) is 0. The Morgan fingerprint density at radius 1 is 0.741 bits per heavy atom. The average Bonchev–Trinajstić information content (AvgIpc) is 2.69. The maximum Gasteiger partial charge on any atom is 0.224 e. The predicted molar refractivity (Wildman–Crippen MR) is 97.1 cm³/mol. The zero-order valence-corrected chi connectivity index (χ0v) is 14.0. The number of aromatic nitrogens is 3. The summed E-state index contributed by atoms with van der Waals surface area (Å²) in [6.07, 6.45) is 1.65. The van der Waals surface area contributed by atoms with Gasteiger partial charge >= 0.3 is 0 Å². The molecule has 6 heteroatoms. The van der Waals surface area contributed by atoms with E-state index in [0.717, 1.165) is 11.6 Å². The second kappa shape index (κ2) is 7.29. The van der Waals surface area contributed by atoms with E-state index in [0.29, 0.717) is 23.0 Å². The molecule has 4 aromatic rings. The Morgan fingerprint density at radius 3 is 2.41 bits per heavy atom. The van der Waals surface area contributed by atoms with E-state index in [4.69, 9.17) is 4.74 Å². The van der Waals surface area contributed by atoms with Crippen molar-refractivity contribution >= 4 is 0 Å². The van der Waals surface area contributed by atoms with Gasteiger partial charge in [-0.05, 0) is 42.5 Å². The summed E-state index contributed by atoms with van der Waals surface area (Å²) in [6.45, 7) is 0. The second-order valence-corrected chi connectivity index (χ2v) is 5.68. The van der Waals surface area contributed by atoms with Crippen molar-refractivity contribution in [3.8, 4) is 34.1 Å². The molecule has 0 aliphatic heterocycles. The minimum absolute atomic E-state index is 0.138. The fourth-order valence-electron chi connectivity index (χ4n) is 2.60. The Kier molecular flexibility index (Phi) is 4.53. The molecule has 0 spiro atoms. The normalized spacial score (nSPS) is 10.6. The Hall–Kier alpha value is -3.67. The van der Waals surface area contributed by atoms with E-state index in [1.165, 1.54) is 6.07 Å². The molecule has 0 amide bonds. The van der Waals surface area contributed by atoms with Crippen molar-refractivity contribution in [2.24, 2.45) is 0 Å². The van der Waals surface area contributed by atoms with Crippen LogP contribution in [0.25, 0.3) is 22.5 Å². The van der Waals surface area contributed by atoms with E-state index in [1.54, 1.807) is 30.5 Å². The number of benzene rings is 1. The van der Waals surface area contributed by atoms with Crippen LogP contribution in [0.2, 0.25) is 0 Å². The molecule has 0 aliphatic carbocycles. The standard InChI is InChI=1S/C21H13F2N3O/c22-19-11-10-16(21(23)26-19)18-8-4-7-17(25-18)14-5-3-6-15(13-14)27-20-9-1-2-12-24-20/h1-13H. The van der Waals surface area contributed by atoms with Gasteiger partial charge < -0.3 is 4.74 Å². The minimum atomic E-state index is -0.896. The molecule has 0 bridgehead atoms. The first-order chi connectivity index (χ1) is 13.2. The highest BCUT2D eigenvalue weighted by Gasteiger charge is 2.11. The molecule has 1 aromatic carbocycles. The molecule has 3 heterocycles. The van der Waals surface area contributed by atoms with Gasteiger partial charge in [-0.25, -0.2) is 9.97 Å². The van der Waals surface area contributed by atoms with Gasteiger partial charge in [0.15, 0.2) is 0 Å². The van der Waals surface area contributed by atoms with E-state index >= 15 is 0 Å². The van der Waals surface area contributed by atoms with Gasteiger partial charge in [0.1, 0.15) is 5.75 Å². The number of nitrogens with zero attached hydrogens (tertiary/aromatic N) is 3. The Bertz CT molecular complexity index is 1090. The van der Waals surface area contributed by atoms with Crippen LogP contribution in [0.15, 0.2) is 79.0 Å². The minimum Gasteiger partial charge on any atom is -0.439 e. The van der Waals surface area contributed by atoms with Gasteiger partial charge in [-0.2, -0.15) is 13.8 Å². The molecular weight excluding hydrogens is 348 g/mol. The lowest BCUT2D eigenvalue weighted by Crippen LogP contribution is -1.95. The first kappa shape index (κ1) is 16.8. The lowest BCUT2D eigenvalue weighted by Gasteiger charge is -2.08. The number of rotatable bonds is 4. The summed E-state index contributed by atoms with van der Waals surface area (Å²) >= 11 is 0. The van der Waals surface area contributed by atoms with E-state index in [9.17, 15) is 8.78 Å². The average molecular weight is 361 g/mol. The lowest BCUT2D eigenvalue weighted by molar-refractivity contribution is 0.463. The first-order valence-corrected chi connectivity index (χ1v) is 8.18. The van der Waals surface area contributed by atoms with Crippen molar-refractivity contribution in [2.75, 3.05) is 0 Å². The van der Waals surface area contributed by atoms with Crippen LogP contribution in [-0.2, 0) is 0 Å². The fraction of sp³-hybridized carbons (Fsp3) is 0. The smallest absolute Gasteiger partial charge is 0.224 e. The van der Waals surface area contributed by atoms with Crippen LogP contribution in [0.1, 0.15) is 0 Å². The van der Waals surface area contributed by atoms with Gasteiger partial charge in [-0.3, -0.25) is 0 Å². The van der Waals surface area contributed by atoms with Crippen molar-refractivity contribution in [3.05, 3.63) is 90.9 Å². The molecule has 132 valence electrons. The number of pyridine rings is 3. The maximum atomic E-state index is 14.0. The highest BCUT2D eigenvalue weighted by molar-refractivity contribution is 5.66. The van der Waals surface area contributed by atoms with Crippen molar-refractivity contribution in [1.82, 2.24) is 15.0 Å². The number of ether oxygens (including phenoxy) is 1. The third-order valence-electron chi connectivity index (χ3n) is 3.83. The van der Waals surface area contributed by atoms with Crippen LogP contribution in [0.5, 0.6) is 11.6 Å². The molecular formula is C21H13F2N3O. The molecule has 0 radical (unpaired) electrons. The largest absolute Gasteiger partial charge is 0.439 e. The zero-order valence-electron chi connectivity index (χ0n) is 14.0. The Morgan fingerprint density at radius 2 is 1.59 bits per heavy atom. The fourth-order valence-corrected chi connectivity index (χ4v) is 2.60. The third kappa shape index (κ3) is 3.79. The number of halogens is 2. The highest BCUT2D eigenvalue weighted by atomic mass is 19.1. The summed E-state index contributed by atoms with van der Waals surface area (Å²) in [4.78, 5) is 11.8. The summed E-state index contributed by atoms with van der Waals surface area (Å²) in [7, 11) is 0. The van der Waals surface area contributed by atoms with Crippen LogP contribution in [0, 0.1) is 11.9 Å². The predicted octanol–water partition coefficient (Wildman–Crippen LogP) is 5.28. The Balaban J connectivity index is 1.67. The van der Waals surface area contributed by atoms with Gasteiger partial charge in [0, 0.05) is 17.8 Å². The first-order valence-electron chi connectivity index (χ1n) is 8.18. The summed E-state index contributed by atoms with van der Waals surface area (Å²) in [5.74, 6) is -0.678. The van der Waals surface area contributed by atoms with Crippen LogP contribution < -0.4 is 4.74 Å². The molecule has 0 N–H and O–H groups in total. The van der Waals surface area contributed by atoms with Crippen LogP contribution in [0.4, 0.5) is 8.78 Å². The second-order valence-electron chi connectivity index (χ2n) is 5.68. The lowest BCUT2D eigenvalue weighted by atomic mass is 10.1. The SMILES string of the molecule is Fc1ccc(-c2cccc(-c3cccc(Oc4ccccn4)c3)n2)c(F)n1. The van der Waals surface area contributed by atoms with Gasteiger partial charge in [0.25, 0.3) is 0 Å². The van der Waals surface area contributed by atoms with Gasteiger partial charge in [-0.1, -0.05) is 24.3 Å². The third-order valence-corrected chi connectivity index (χ3v) is 3.83. The Labute approximate surface area is 154 Å². The van der Waals surface area contributed by atoms with E-state index in [1.807, 2.05) is 36.4 Å². The molecule has 0 saturated carbocycles. The molecule has 0 fully saturated rings. The molecule has 27 heavy (non-hydrogen) atoms. The monoisotopic (exact) mass is 361 g/mol.